The van der Waals surface area contributed by atoms with Gasteiger partial charge in [-0.15, -0.1) is 0 Å². The van der Waals surface area contributed by atoms with Gasteiger partial charge in [-0.05, 0) is 81.9 Å². The molecule has 0 saturated heterocycles. The molecule has 290 valence electrons. The molecule has 12 aromatic rings. The summed E-state index contributed by atoms with van der Waals surface area (Å²) in [4.78, 5) is 15.4. The summed E-state index contributed by atoms with van der Waals surface area (Å²) < 4.78 is 9.16. The number of para-hydroxylation sites is 1. The molecular formula is C57H36N4O. The van der Waals surface area contributed by atoms with Gasteiger partial charge in [0.25, 0.3) is 0 Å². The van der Waals surface area contributed by atoms with Crippen LogP contribution in [0.2, 0.25) is 0 Å². The largest absolute Gasteiger partial charge is 0.456 e. The summed E-state index contributed by atoms with van der Waals surface area (Å²) in [5, 5.41) is 4.46. The molecule has 3 aromatic heterocycles. The highest BCUT2D eigenvalue weighted by atomic mass is 16.3. The second-order valence-electron chi connectivity index (χ2n) is 15.6. The second-order valence-corrected chi connectivity index (χ2v) is 15.6. The van der Waals surface area contributed by atoms with Crippen molar-refractivity contribution in [1.29, 1.82) is 0 Å². The Morgan fingerprint density at radius 2 is 0.790 bits per heavy atom. The lowest BCUT2D eigenvalue weighted by Gasteiger charge is -2.11. The van der Waals surface area contributed by atoms with Gasteiger partial charge in [0.2, 0.25) is 0 Å². The summed E-state index contributed by atoms with van der Waals surface area (Å²) in [5.41, 5.74) is 14.5. The summed E-state index contributed by atoms with van der Waals surface area (Å²) in [6, 6.07) is 76.3. The van der Waals surface area contributed by atoms with Gasteiger partial charge in [0.05, 0.1) is 16.4 Å². The lowest BCUT2D eigenvalue weighted by molar-refractivity contribution is 0.669. The first-order chi connectivity index (χ1) is 30.7. The number of furan rings is 1. The van der Waals surface area contributed by atoms with Crippen LogP contribution in [-0.2, 0) is 0 Å². The minimum absolute atomic E-state index is 0.571. The van der Waals surface area contributed by atoms with E-state index in [4.69, 9.17) is 19.4 Å². The molecule has 0 radical (unpaired) electrons. The van der Waals surface area contributed by atoms with E-state index in [-0.39, 0.29) is 0 Å². The Hall–Kier alpha value is -8.41. The third kappa shape index (κ3) is 6.14. The first kappa shape index (κ1) is 35.5. The van der Waals surface area contributed by atoms with E-state index < -0.39 is 0 Å². The normalized spacial score (nSPS) is 11.5. The predicted molar refractivity (Wildman–Crippen MR) is 254 cm³/mol. The number of hydrogen-bond donors (Lipinski definition) is 0. The second kappa shape index (κ2) is 14.7. The maximum Gasteiger partial charge on any atom is 0.164 e. The first-order valence-corrected chi connectivity index (χ1v) is 20.8. The Morgan fingerprint density at radius 1 is 0.306 bits per heavy atom. The number of hydrogen-bond acceptors (Lipinski definition) is 4. The Labute approximate surface area is 357 Å². The number of nitrogens with zero attached hydrogens (tertiary/aromatic N) is 4. The lowest BCUT2D eigenvalue weighted by atomic mass is 10.0. The Morgan fingerprint density at radius 3 is 1.48 bits per heavy atom. The zero-order valence-electron chi connectivity index (χ0n) is 33.5. The molecule has 5 nitrogen and oxygen atoms in total. The number of fused-ring (bicyclic) bond motifs is 7. The van der Waals surface area contributed by atoms with Crippen LogP contribution >= 0.6 is 0 Å². The fraction of sp³-hybridized carbons (Fsp3) is 0. The molecule has 0 N–H and O–H groups in total. The van der Waals surface area contributed by atoms with Gasteiger partial charge >= 0.3 is 0 Å². The molecule has 62 heavy (non-hydrogen) atoms. The van der Waals surface area contributed by atoms with Crippen molar-refractivity contribution in [2.45, 2.75) is 0 Å². The van der Waals surface area contributed by atoms with E-state index in [1.807, 2.05) is 12.1 Å². The van der Waals surface area contributed by atoms with Crippen LogP contribution in [0.4, 0.5) is 0 Å². The molecule has 0 aliphatic rings. The molecule has 9 aromatic carbocycles. The van der Waals surface area contributed by atoms with Crippen molar-refractivity contribution in [3.05, 3.63) is 218 Å². The van der Waals surface area contributed by atoms with E-state index in [1.165, 1.54) is 16.3 Å². The van der Waals surface area contributed by atoms with Crippen LogP contribution in [0.15, 0.2) is 223 Å². The van der Waals surface area contributed by atoms with Crippen LogP contribution in [-0.4, -0.2) is 19.5 Å². The Bertz CT molecular complexity index is 3610. The average Bonchev–Trinajstić information content (AvgIpc) is 3.90. The number of aromatic nitrogens is 4. The zero-order valence-corrected chi connectivity index (χ0v) is 33.5. The molecule has 0 aliphatic carbocycles. The standard InChI is InChI=1S/C57H36N4O/c1-4-14-37(15-5-1)40-26-28-41(29-27-40)55-58-56(44-22-12-20-42(34-44)38-16-6-2-7-17-38)60-57(59-55)45-30-31-49-52(36-45)62-51-33-32-48-47-24-10-11-25-50(47)61(54(48)53(49)51)46-23-13-21-43(35-46)39-18-8-3-9-19-39/h1-36H. The van der Waals surface area contributed by atoms with Crippen molar-refractivity contribution in [3.63, 3.8) is 0 Å². The van der Waals surface area contributed by atoms with Crippen LogP contribution in [0.1, 0.15) is 0 Å². The SMILES string of the molecule is c1ccc(-c2ccc(-c3nc(-c4cccc(-c5ccccc5)c4)nc(-c4ccc5c(c4)oc4ccc6c7ccccc7n(-c7cccc(-c8ccccc8)c7)c6c45)n3)cc2)cc1. The molecular weight excluding hydrogens is 757 g/mol. The Kier molecular flexibility index (Phi) is 8.42. The minimum Gasteiger partial charge on any atom is -0.456 e. The maximum absolute atomic E-state index is 6.77. The molecule has 0 spiro atoms. The summed E-state index contributed by atoms with van der Waals surface area (Å²) in [6.45, 7) is 0. The fourth-order valence-electron chi connectivity index (χ4n) is 8.85. The quantitative estimate of drug-likeness (QED) is 0.161. The van der Waals surface area contributed by atoms with Gasteiger partial charge in [-0.3, -0.25) is 0 Å². The van der Waals surface area contributed by atoms with Gasteiger partial charge in [-0.1, -0.05) is 170 Å². The van der Waals surface area contributed by atoms with Gasteiger partial charge in [-0.2, -0.15) is 0 Å². The highest BCUT2D eigenvalue weighted by Crippen LogP contribution is 2.42. The van der Waals surface area contributed by atoms with E-state index in [0.29, 0.717) is 17.5 Å². The van der Waals surface area contributed by atoms with Crippen molar-refractivity contribution < 1.29 is 4.42 Å². The van der Waals surface area contributed by atoms with E-state index in [0.717, 1.165) is 83.2 Å². The fourth-order valence-corrected chi connectivity index (χ4v) is 8.85. The van der Waals surface area contributed by atoms with Gasteiger partial charge in [-0.25, -0.2) is 15.0 Å². The Balaban J connectivity index is 1.03. The molecule has 0 unspecified atom stereocenters. The average molecular weight is 793 g/mol. The van der Waals surface area contributed by atoms with Crippen molar-refractivity contribution in [1.82, 2.24) is 19.5 Å². The van der Waals surface area contributed by atoms with Crippen molar-refractivity contribution in [2.75, 3.05) is 0 Å². The molecule has 0 fully saturated rings. The first-order valence-electron chi connectivity index (χ1n) is 20.8. The number of benzene rings is 9. The summed E-state index contributed by atoms with van der Waals surface area (Å²) in [5.74, 6) is 1.77. The van der Waals surface area contributed by atoms with Gasteiger partial charge in [0.1, 0.15) is 11.2 Å². The molecule has 0 bridgehead atoms. The zero-order chi connectivity index (χ0) is 41.0. The summed E-state index contributed by atoms with van der Waals surface area (Å²) >= 11 is 0. The molecule has 0 atom stereocenters. The molecule has 0 saturated carbocycles. The van der Waals surface area contributed by atoms with Gasteiger partial charge < -0.3 is 8.98 Å². The van der Waals surface area contributed by atoms with Crippen LogP contribution in [0.25, 0.3) is 117 Å². The van der Waals surface area contributed by atoms with E-state index in [1.54, 1.807) is 0 Å². The third-order valence-corrected chi connectivity index (χ3v) is 11.9. The van der Waals surface area contributed by atoms with E-state index >= 15 is 0 Å². The molecule has 3 heterocycles. The van der Waals surface area contributed by atoms with Crippen molar-refractivity contribution in [3.8, 4) is 73.2 Å². The van der Waals surface area contributed by atoms with Crippen LogP contribution in [0, 0.1) is 0 Å². The monoisotopic (exact) mass is 792 g/mol. The lowest BCUT2D eigenvalue weighted by Crippen LogP contribution is -2.00. The van der Waals surface area contributed by atoms with E-state index in [9.17, 15) is 0 Å². The highest BCUT2D eigenvalue weighted by molar-refractivity contribution is 6.24. The highest BCUT2D eigenvalue weighted by Gasteiger charge is 2.21. The summed E-state index contributed by atoms with van der Waals surface area (Å²) in [7, 11) is 0. The van der Waals surface area contributed by atoms with Gasteiger partial charge in [0.15, 0.2) is 17.5 Å². The predicted octanol–water partition coefficient (Wildman–Crippen LogP) is 14.9. The topological polar surface area (TPSA) is 56.7 Å². The minimum atomic E-state index is 0.571. The molecule has 0 amide bonds. The summed E-state index contributed by atoms with van der Waals surface area (Å²) in [6.07, 6.45) is 0. The molecule has 0 aliphatic heterocycles. The van der Waals surface area contributed by atoms with E-state index in [2.05, 4.69) is 211 Å². The number of rotatable bonds is 7. The van der Waals surface area contributed by atoms with Gasteiger partial charge in [0, 0.05) is 38.5 Å². The smallest absolute Gasteiger partial charge is 0.164 e. The van der Waals surface area contributed by atoms with Crippen LogP contribution in [0.5, 0.6) is 0 Å². The molecule has 12 rings (SSSR count). The maximum atomic E-state index is 6.77. The van der Waals surface area contributed by atoms with Crippen molar-refractivity contribution in [2.24, 2.45) is 0 Å². The molecule has 5 heteroatoms. The van der Waals surface area contributed by atoms with Crippen LogP contribution in [0.3, 0.4) is 0 Å². The third-order valence-electron chi connectivity index (χ3n) is 11.9. The van der Waals surface area contributed by atoms with Crippen molar-refractivity contribution >= 4 is 43.7 Å². The van der Waals surface area contributed by atoms with Crippen LogP contribution < -0.4 is 0 Å².